The van der Waals surface area contributed by atoms with Crippen molar-refractivity contribution in [3.63, 3.8) is 0 Å². The Hall–Kier alpha value is -1.96. The molecule has 16 heavy (non-hydrogen) atoms. The molecule has 0 radical (unpaired) electrons. The van der Waals surface area contributed by atoms with Crippen molar-refractivity contribution in [3.8, 4) is 16.9 Å². The molecule has 2 nitrogen and oxygen atoms in total. The molecule has 2 aromatic rings. The Kier molecular flexibility index (Phi) is 2.57. The van der Waals surface area contributed by atoms with E-state index < -0.39 is 0 Å². The molecular formula is C14H15NO. The lowest BCUT2D eigenvalue weighted by Crippen LogP contribution is -1.93. The molecule has 0 aromatic heterocycles. The standard InChI is InChI=1S/C14H15NO/c1-9-11(5-3-7-13(9)15)12-6-4-8-14(16)10(12)2/h3-8,16H,15H2,1-2H3. The number of phenolic OH excluding ortho intramolecular Hbond substituents is 1. The van der Waals surface area contributed by atoms with E-state index in [2.05, 4.69) is 0 Å². The van der Waals surface area contributed by atoms with Crippen LogP contribution < -0.4 is 5.73 Å². The van der Waals surface area contributed by atoms with Gasteiger partial charge in [-0.1, -0.05) is 24.3 Å². The van der Waals surface area contributed by atoms with Gasteiger partial charge in [0.15, 0.2) is 0 Å². The molecule has 0 fully saturated rings. The average Bonchev–Trinajstić information content (AvgIpc) is 2.27. The minimum Gasteiger partial charge on any atom is -0.508 e. The highest BCUT2D eigenvalue weighted by Crippen LogP contribution is 2.32. The lowest BCUT2D eigenvalue weighted by Gasteiger charge is -2.11. The lowest BCUT2D eigenvalue weighted by atomic mass is 9.95. The van der Waals surface area contributed by atoms with Gasteiger partial charge in [0.25, 0.3) is 0 Å². The van der Waals surface area contributed by atoms with Gasteiger partial charge in [0.05, 0.1) is 0 Å². The Balaban J connectivity index is 2.68. The Morgan fingerprint density at radius 1 is 0.875 bits per heavy atom. The van der Waals surface area contributed by atoms with Crippen LogP contribution in [0.25, 0.3) is 11.1 Å². The molecule has 0 heterocycles. The lowest BCUT2D eigenvalue weighted by molar-refractivity contribution is 0.471. The minimum absolute atomic E-state index is 0.319. The largest absolute Gasteiger partial charge is 0.508 e. The molecule has 0 aliphatic carbocycles. The summed E-state index contributed by atoms with van der Waals surface area (Å²) in [5.41, 5.74) is 10.7. The molecule has 0 unspecified atom stereocenters. The Morgan fingerprint density at radius 3 is 2.12 bits per heavy atom. The van der Waals surface area contributed by atoms with E-state index in [9.17, 15) is 5.11 Å². The summed E-state index contributed by atoms with van der Waals surface area (Å²) in [6.07, 6.45) is 0. The highest BCUT2D eigenvalue weighted by molar-refractivity contribution is 5.76. The number of hydrogen-bond donors (Lipinski definition) is 2. The smallest absolute Gasteiger partial charge is 0.119 e. The zero-order valence-corrected chi connectivity index (χ0v) is 9.49. The summed E-state index contributed by atoms with van der Waals surface area (Å²) in [5, 5.41) is 9.69. The fraction of sp³-hybridized carbons (Fsp3) is 0.143. The van der Waals surface area contributed by atoms with Crippen LogP contribution in [0.3, 0.4) is 0 Å². The molecule has 0 amide bonds. The minimum atomic E-state index is 0.319. The van der Waals surface area contributed by atoms with E-state index in [4.69, 9.17) is 5.73 Å². The van der Waals surface area contributed by atoms with Gasteiger partial charge in [0.2, 0.25) is 0 Å². The van der Waals surface area contributed by atoms with Gasteiger partial charge in [-0.05, 0) is 48.2 Å². The van der Waals surface area contributed by atoms with E-state index >= 15 is 0 Å². The summed E-state index contributed by atoms with van der Waals surface area (Å²) in [6, 6.07) is 11.4. The van der Waals surface area contributed by atoms with Crippen molar-refractivity contribution in [1.82, 2.24) is 0 Å². The summed E-state index contributed by atoms with van der Waals surface area (Å²) < 4.78 is 0. The number of hydrogen-bond acceptors (Lipinski definition) is 2. The first-order valence-electron chi connectivity index (χ1n) is 5.25. The van der Waals surface area contributed by atoms with Gasteiger partial charge >= 0.3 is 0 Å². The summed E-state index contributed by atoms with van der Waals surface area (Å²) in [7, 11) is 0. The van der Waals surface area contributed by atoms with Crippen LogP contribution in [0.4, 0.5) is 5.69 Å². The van der Waals surface area contributed by atoms with Gasteiger partial charge in [-0.2, -0.15) is 0 Å². The highest BCUT2D eigenvalue weighted by atomic mass is 16.3. The molecule has 0 aliphatic heterocycles. The van der Waals surface area contributed by atoms with Crippen molar-refractivity contribution in [2.24, 2.45) is 0 Å². The van der Waals surface area contributed by atoms with Crippen LogP contribution in [-0.2, 0) is 0 Å². The van der Waals surface area contributed by atoms with E-state index in [1.54, 1.807) is 6.07 Å². The van der Waals surface area contributed by atoms with Crippen molar-refractivity contribution in [2.75, 3.05) is 5.73 Å². The third-order valence-corrected chi connectivity index (χ3v) is 2.97. The van der Waals surface area contributed by atoms with Crippen molar-refractivity contribution >= 4 is 5.69 Å². The molecule has 2 rings (SSSR count). The Morgan fingerprint density at radius 2 is 1.44 bits per heavy atom. The molecule has 3 N–H and O–H groups in total. The van der Waals surface area contributed by atoms with Gasteiger partial charge in [-0.25, -0.2) is 0 Å². The number of rotatable bonds is 1. The van der Waals surface area contributed by atoms with Crippen LogP contribution in [0.2, 0.25) is 0 Å². The van der Waals surface area contributed by atoms with Gasteiger partial charge in [0, 0.05) is 5.69 Å². The second-order valence-electron chi connectivity index (χ2n) is 3.97. The van der Waals surface area contributed by atoms with Crippen LogP contribution in [0.15, 0.2) is 36.4 Å². The van der Waals surface area contributed by atoms with Crippen molar-refractivity contribution < 1.29 is 5.11 Å². The number of benzene rings is 2. The molecule has 2 heteroatoms. The topological polar surface area (TPSA) is 46.2 Å². The summed E-state index contributed by atoms with van der Waals surface area (Å²) >= 11 is 0. The maximum Gasteiger partial charge on any atom is 0.119 e. The number of nitrogens with two attached hydrogens (primary N) is 1. The van der Waals surface area contributed by atoms with Crippen LogP contribution in [0, 0.1) is 13.8 Å². The van der Waals surface area contributed by atoms with Gasteiger partial charge in [-0.15, -0.1) is 0 Å². The SMILES string of the molecule is Cc1c(N)cccc1-c1cccc(O)c1C. The first kappa shape index (κ1) is 10.6. The molecule has 0 bridgehead atoms. The summed E-state index contributed by atoms with van der Waals surface area (Å²) in [5.74, 6) is 0.319. The number of aromatic hydroxyl groups is 1. The summed E-state index contributed by atoms with van der Waals surface area (Å²) in [4.78, 5) is 0. The first-order valence-corrected chi connectivity index (χ1v) is 5.25. The molecule has 0 saturated heterocycles. The van der Waals surface area contributed by atoms with E-state index in [0.29, 0.717) is 5.75 Å². The third kappa shape index (κ3) is 1.63. The van der Waals surface area contributed by atoms with Gasteiger partial charge in [0.1, 0.15) is 5.75 Å². The fourth-order valence-electron chi connectivity index (χ4n) is 1.86. The van der Waals surface area contributed by atoms with E-state index in [-0.39, 0.29) is 0 Å². The van der Waals surface area contributed by atoms with Crippen molar-refractivity contribution in [1.29, 1.82) is 0 Å². The summed E-state index contributed by atoms with van der Waals surface area (Å²) in [6.45, 7) is 3.90. The second-order valence-corrected chi connectivity index (χ2v) is 3.97. The predicted molar refractivity (Wildman–Crippen MR) is 67.4 cm³/mol. The van der Waals surface area contributed by atoms with Crippen molar-refractivity contribution in [2.45, 2.75) is 13.8 Å². The average molecular weight is 213 g/mol. The molecule has 82 valence electrons. The zero-order chi connectivity index (χ0) is 11.7. The Labute approximate surface area is 95.4 Å². The van der Waals surface area contributed by atoms with E-state index in [1.165, 1.54) is 0 Å². The molecule has 0 atom stereocenters. The maximum absolute atomic E-state index is 9.69. The maximum atomic E-state index is 9.69. The fourth-order valence-corrected chi connectivity index (χ4v) is 1.86. The molecule has 2 aromatic carbocycles. The second kappa shape index (κ2) is 3.89. The zero-order valence-electron chi connectivity index (χ0n) is 9.49. The highest BCUT2D eigenvalue weighted by Gasteiger charge is 2.08. The van der Waals surface area contributed by atoms with Crippen LogP contribution in [-0.4, -0.2) is 5.11 Å². The monoisotopic (exact) mass is 213 g/mol. The number of phenols is 1. The van der Waals surface area contributed by atoms with Crippen LogP contribution in [0.5, 0.6) is 5.75 Å². The Bertz CT molecular complexity index is 483. The third-order valence-electron chi connectivity index (χ3n) is 2.97. The molecule has 0 aliphatic rings. The van der Waals surface area contributed by atoms with Crippen LogP contribution >= 0.6 is 0 Å². The van der Waals surface area contributed by atoms with Gasteiger partial charge < -0.3 is 10.8 Å². The molecule has 0 saturated carbocycles. The first-order chi connectivity index (χ1) is 7.61. The quantitative estimate of drug-likeness (QED) is 0.714. The predicted octanol–water partition coefficient (Wildman–Crippen LogP) is 3.26. The molecule has 0 spiro atoms. The van der Waals surface area contributed by atoms with Crippen LogP contribution in [0.1, 0.15) is 11.1 Å². The van der Waals surface area contributed by atoms with E-state index in [1.807, 2.05) is 44.2 Å². The normalized spacial score (nSPS) is 10.4. The number of nitrogen functional groups attached to an aromatic ring is 1. The molecular weight excluding hydrogens is 198 g/mol. The van der Waals surface area contributed by atoms with Gasteiger partial charge in [-0.3, -0.25) is 0 Å². The number of anilines is 1. The van der Waals surface area contributed by atoms with Crippen molar-refractivity contribution in [3.05, 3.63) is 47.5 Å². The van der Waals surface area contributed by atoms with E-state index in [0.717, 1.165) is 27.9 Å².